The van der Waals surface area contributed by atoms with Gasteiger partial charge in [-0.1, -0.05) is 6.92 Å². The predicted octanol–water partition coefficient (Wildman–Crippen LogP) is 1.47. The number of nitro benzene ring substituents is 1. The van der Waals surface area contributed by atoms with Crippen LogP contribution in [0.1, 0.15) is 23.7 Å². The average molecular weight is 293 g/mol. The molecular formula is C14H19N3O4. The van der Waals surface area contributed by atoms with Crippen LogP contribution in [-0.2, 0) is 0 Å². The van der Waals surface area contributed by atoms with Gasteiger partial charge < -0.3 is 10.0 Å². The molecule has 1 saturated heterocycles. The summed E-state index contributed by atoms with van der Waals surface area (Å²) in [7, 11) is 0. The van der Waals surface area contributed by atoms with Crippen molar-refractivity contribution < 1.29 is 14.8 Å². The van der Waals surface area contributed by atoms with Gasteiger partial charge in [-0.2, -0.15) is 0 Å². The minimum atomic E-state index is -0.597. The number of hydrogen-bond donors (Lipinski definition) is 1. The zero-order valence-electron chi connectivity index (χ0n) is 12.0. The molecule has 2 rings (SSSR count). The number of nitro groups is 1. The van der Waals surface area contributed by atoms with Crippen molar-refractivity contribution in [3.8, 4) is 5.75 Å². The number of phenolic OH excluding ortho intramolecular Hbond substituents is 1. The van der Waals surface area contributed by atoms with Gasteiger partial charge in [0.2, 0.25) is 0 Å². The van der Waals surface area contributed by atoms with E-state index in [2.05, 4.69) is 11.8 Å². The van der Waals surface area contributed by atoms with Gasteiger partial charge in [-0.05, 0) is 25.1 Å². The van der Waals surface area contributed by atoms with E-state index >= 15 is 0 Å². The van der Waals surface area contributed by atoms with E-state index in [9.17, 15) is 20.0 Å². The van der Waals surface area contributed by atoms with Crippen molar-refractivity contribution in [1.29, 1.82) is 0 Å². The number of phenols is 1. The Balaban J connectivity index is 2.14. The number of benzene rings is 1. The molecule has 114 valence electrons. The van der Waals surface area contributed by atoms with E-state index in [-0.39, 0.29) is 17.0 Å². The third kappa shape index (κ3) is 3.49. The summed E-state index contributed by atoms with van der Waals surface area (Å²) in [4.78, 5) is 26.7. The molecule has 0 unspecified atom stereocenters. The molecular weight excluding hydrogens is 274 g/mol. The maximum absolute atomic E-state index is 12.4. The van der Waals surface area contributed by atoms with Crippen molar-refractivity contribution >= 4 is 11.6 Å². The number of piperazine rings is 1. The molecule has 0 aliphatic carbocycles. The zero-order chi connectivity index (χ0) is 15.4. The lowest BCUT2D eigenvalue weighted by Gasteiger charge is -2.34. The normalized spacial score (nSPS) is 16.0. The number of nitrogens with zero attached hydrogens (tertiary/aromatic N) is 3. The highest BCUT2D eigenvalue weighted by atomic mass is 16.6. The molecule has 7 heteroatoms. The highest BCUT2D eigenvalue weighted by Crippen LogP contribution is 2.25. The number of hydrogen-bond acceptors (Lipinski definition) is 5. The molecule has 0 radical (unpaired) electrons. The molecule has 0 bridgehead atoms. The van der Waals surface area contributed by atoms with Gasteiger partial charge >= 0.3 is 0 Å². The van der Waals surface area contributed by atoms with E-state index in [1.165, 1.54) is 12.1 Å². The van der Waals surface area contributed by atoms with Crippen LogP contribution in [0.5, 0.6) is 5.75 Å². The summed E-state index contributed by atoms with van der Waals surface area (Å²) in [5, 5.41) is 20.5. The average Bonchev–Trinajstić information content (AvgIpc) is 2.47. The van der Waals surface area contributed by atoms with E-state index in [0.29, 0.717) is 13.1 Å². The van der Waals surface area contributed by atoms with E-state index in [0.717, 1.165) is 32.1 Å². The Morgan fingerprint density at radius 2 is 2.00 bits per heavy atom. The van der Waals surface area contributed by atoms with Crippen LogP contribution in [0.25, 0.3) is 0 Å². The standard InChI is InChI=1S/C14H19N3O4/c1-2-5-15-6-8-16(9-7-15)14(19)12-10-11(18)3-4-13(12)17(20)21/h3-4,10,18H,2,5-9H2,1H3. The molecule has 21 heavy (non-hydrogen) atoms. The maximum Gasteiger partial charge on any atom is 0.282 e. The van der Waals surface area contributed by atoms with Crippen LogP contribution in [0.4, 0.5) is 5.69 Å². The molecule has 1 amide bonds. The number of carbonyl (C=O) groups excluding carboxylic acids is 1. The Morgan fingerprint density at radius 1 is 1.33 bits per heavy atom. The van der Waals surface area contributed by atoms with Gasteiger partial charge in [-0.25, -0.2) is 0 Å². The van der Waals surface area contributed by atoms with Crippen LogP contribution in [0.2, 0.25) is 0 Å². The van der Waals surface area contributed by atoms with Gasteiger partial charge in [0, 0.05) is 32.2 Å². The predicted molar refractivity (Wildman–Crippen MR) is 77.4 cm³/mol. The van der Waals surface area contributed by atoms with Crippen molar-refractivity contribution in [2.45, 2.75) is 13.3 Å². The highest BCUT2D eigenvalue weighted by Gasteiger charge is 2.27. The molecule has 1 aromatic rings. The van der Waals surface area contributed by atoms with Gasteiger partial charge in [0.25, 0.3) is 11.6 Å². The largest absolute Gasteiger partial charge is 0.508 e. The first-order chi connectivity index (χ1) is 10.0. The van der Waals surface area contributed by atoms with Gasteiger partial charge in [0.1, 0.15) is 11.3 Å². The summed E-state index contributed by atoms with van der Waals surface area (Å²) in [5.74, 6) is -0.540. The second-order valence-corrected chi connectivity index (χ2v) is 5.09. The molecule has 1 aliphatic rings. The maximum atomic E-state index is 12.4. The summed E-state index contributed by atoms with van der Waals surface area (Å²) < 4.78 is 0. The number of aromatic hydroxyl groups is 1. The third-order valence-electron chi connectivity index (χ3n) is 3.61. The Kier molecular flexibility index (Phi) is 4.74. The number of amides is 1. The summed E-state index contributed by atoms with van der Waals surface area (Å²) >= 11 is 0. The fraction of sp³-hybridized carbons (Fsp3) is 0.500. The van der Waals surface area contributed by atoms with Crippen molar-refractivity contribution in [1.82, 2.24) is 9.80 Å². The molecule has 0 aromatic heterocycles. The Morgan fingerprint density at radius 3 is 2.57 bits per heavy atom. The van der Waals surface area contributed by atoms with E-state index in [1.54, 1.807) is 4.90 Å². The topological polar surface area (TPSA) is 86.9 Å². The minimum Gasteiger partial charge on any atom is -0.508 e. The molecule has 0 saturated carbocycles. The van der Waals surface area contributed by atoms with E-state index in [4.69, 9.17) is 0 Å². The number of rotatable bonds is 4. The van der Waals surface area contributed by atoms with Gasteiger partial charge in [0.15, 0.2) is 0 Å². The summed E-state index contributed by atoms with van der Waals surface area (Å²) in [6, 6.07) is 3.54. The SMILES string of the molecule is CCCN1CCN(C(=O)c2cc(O)ccc2[N+](=O)[O-])CC1. The van der Waals surface area contributed by atoms with Crippen LogP contribution in [0, 0.1) is 10.1 Å². The Hall–Kier alpha value is -2.15. The Bertz CT molecular complexity index is 539. The zero-order valence-corrected chi connectivity index (χ0v) is 12.0. The lowest BCUT2D eigenvalue weighted by molar-refractivity contribution is -0.385. The van der Waals surface area contributed by atoms with Crippen LogP contribution < -0.4 is 0 Å². The third-order valence-corrected chi connectivity index (χ3v) is 3.61. The van der Waals surface area contributed by atoms with E-state index in [1.807, 2.05) is 0 Å². The van der Waals surface area contributed by atoms with Crippen molar-refractivity contribution in [3.05, 3.63) is 33.9 Å². The van der Waals surface area contributed by atoms with Crippen LogP contribution in [0.15, 0.2) is 18.2 Å². The first kappa shape index (κ1) is 15.2. The second kappa shape index (κ2) is 6.53. The van der Waals surface area contributed by atoms with Gasteiger partial charge in [-0.15, -0.1) is 0 Å². The smallest absolute Gasteiger partial charge is 0.282 e. The van der Waals surface area contributed by atoms with Crippen LogP contribution >= 0.6 is 0 Å². The number of carbonyl (C=O) groups is 1. The molecule has 0 atom stereocenters. The van der Waals surface area contributed by atoms with E-state index < -0.39 is 10.8 Å². The highest BCUT2D eigenvalue weighted by molar-refractivity contribution is 5.98. The monoisotopic (exact) mass is 293 g/mol. The molecule has 1 aliphatic heterocycles. The lowest BCUT2D eigenvalue weighted by Crippen LogP contribution is -2.48. The minimum absolute atomic E-state index is 0.0519. The summed E-state index contributed by atoms with van der Waals surface area (Å²) in [6.07, 6.45) is 1.06. The molecule has 1 fully saturated rings. The summed E-state index contributed by atoms with van der Waals surface area (Å²) in [6.45, 7) is 5.73. The molecule has 7 nitrogen and oxygen atoms in total. The van der Waals surface area contributed by atoms with Crippen molar-refractivity contribution in [2.75, 3.05) is 32.7 Å². The van der Waals surface area contributed by atoms with Gasteiger partial charge in [0.05, 0.1) is 4.92 Å². The first-order valence-corrected chi connectivity index (χ1v) is 7.02. The summed E-state index contributed by atoms with van der Waals surface area (Å²) in [5.41, 5.74) is -0.322. The quantitative estimate of drug-likeness (QED) is 0.671. The van der Waals surface area contributed by atoms with Gasteiger partial charge in [-0.3, -0.25) is 19.8 Å². The van der Waals surface area contributed by atoms with Crippen LogP contribution in [0.3, 0.4) is 0 Å². The lowest BCUT2D eigenvalue weighted by atomic mass is 10.1. The molecule has 0 spiro atoms. The van der Waals surface area contributed by atoms with Crippen molar-refractivity contribution in [3.63, 3.8) is 0 Å². The molecule has 1 aromatic carbocycles. The molecule has 1 heterocycles. The fourth-order valence-electron chi connectivity index (χ4n) is 2.52. The Labute approximate surface area is 122 Å². The van der Waals surface area contributed by atoms with Crippen molar-refractivity contribution in [2.24, 2.45) is 0 Å². The fourth-order valence-corrected chi connectivity index (χ4v) is 2.52. The van der Waals surface area contributed by atoms with Crippen LogP contribution in [-0.4, -0.2) is 58.5 Å². The second-order valence-electron chi connectivity index (χ2n) is 5.09. The first-order valence-electron chi connectivity index (χ1n) is 7.02. The molecule has 1 N–H and O–H groups in total.